The highest BCUT2D eigenvalue weighted by molar-refractivity contribution is 5.98. The molecule has 0 unspecified atom stereocenters. The number of phenols is 1. The molecule has 1 amide bonds. The molecule has 5 nitrogen and oxygen atoms in total. The Balaban J connectivity index is 2.02. The second-order valence-electron chi connectivity index (χ2n) is 5.49. The number of phenolic OH excluding ortho intramolecular Hbond substituents is 1. The fourth-order valence-corrected chi connectivity index (χ4v) is 3.08. The molecule has 1 aliphatic heterocycles. The van der Waals surface area contributed by atoms with E-state index in [2.05, 4.69) is 18.7 Å². The van der Waals surface area contributed by atoms with Crippen molar-refractivity contribution in [1.82, 2.24) is 9.80 Å². The summed E-state index contributed by atoms with van der Waals surface area (Å²) in [5, 5.41) is 9.93. The average molecular weight is 291 g/mol. The Kier molecular flexibility index (Phi) is 5.07. The Hall–Kier alpha value is -1.75. The third-order valence-electron chi connectivity index (χ3n) is 4.38. The van der Waals surface area contributed by atoms with Gasteiger partial charge in [0.25, 0.3) is 5.91 Å². The van der Waals surface area contributed by atoms with E-state index >= 15 is 0 Å². The van der Waals surface area contributed by atoms with Crippen molar-refractivity contribution in [2.24, 2.45) is 0 Å². The monoisotopic (exact) mass is 291 g/mol. The molecule has 1 heterocycles. The molecule has 3 N–H and O–H groups in total. The van der Waals surface area contributed by atoms with Gasteiger partial charge in [-0.1, -0.05) is 19.9 Å². The number of nitrogen functional groups attached to an aromatic ring is 1. The number of para-hydroxylation sites is 1. The van der Waals surface area contributed by atoms with Crippen molar-refractivity contribution in [3.05, 3.63) is 23.8 Å². The zero-order chi connectivity index (χ0) is 15.4. The largest absolute Gasteiger partial charge is 0.505 e. The van der Waals surface area contributed by atoms with Crippen molar-refractivity contribution in [2.45, 2.75) is 32.7 Å². The van der Waals surface area contributed by atoms with Crippen molar-refractivity contribution in [3.63, 3.8) is 0 Å². The molecule has 116 valence electrons. The minimum absolute atomic E-state index is 0.103. The Morgan fingerprint density at radius 3 is 2.52 bits per heavy atom. The third kappa shape index (κ3) is 3.29. The van der Waals surface area contributed by atoms with Crippen LogP contribution in [-0.4, -0.2) is 53.0 Å². The number of piperidine rings is 1. The van der Waals surface area contributed by atoms with E-state index in [-0.39, 0.29) is 17.3 Å². The summed E-state index contributed by atoms with van der Waals surface area (Å²) < 4.78 is 0. The molecule has 1 fully saturated rings. The summed E-state index contributed by atoms with van der Waals surface area (Å²) in [7, 11) is 0. The minimum Gasteiger partial charge on any atom is -0.505 e. The molecule has 1 aromatic carbocycles. The zero-order valence-electron chi connectivity index (χ0n) is 12.9. The Labute approximate surface area is 126 Å². The molecule has 1 saturated heterocycles. The van der Waals surface area contributed by atoms with Gasteiger partial charge in [-0.3, -0.25) is 4.79 Å². The van der Waals surface area contributed by atoms with Gasteiger partial charge in [0, 0.05) is 19.1 Å². The van der Waals surface area contributed by atoms with Gasteiger partial charge in [-0.05, 0) is 38.1 Å². The van der Waals surface area contributed by atoms with Crippen LogP contribution in [0.1, 0.15) is 37.0 Å². The lowest BCUT2D eigenvalue weighted by molar-refractivity contribution is 0.0629. The van der Waals surface area contributed by atoms with Crippen LogP contribution >= 0.6 is 0 Å². The van der Waals surface area contributed by atoms with Gasteiger partial charge < -0.3 is 20.6 Å². The van der Waals surface area contributed by atoms with Crippen LogP contribution in [0.4, 0.5) is 5.69 Å². The highest BCUT2D eigenvalue weighted by Gasteiger charge is 2.27. The number of hydrogen-bond acceptors (Lipinski definition) is 4. The van der Waals surface area contributed by atoms with Gasteiger partial charge in [-0.15, -0.1) is 0 Å². The lowest BCUT2D eigenvalue weighted by atomic mass is 10.0. The summed E-state index contributed by atoms with van der Waals surface area (Å²) in [4.78, 5) is 16.7. The molecule has 0 bridgehead atoms. The first-order valence-electron chi connectivity index (χ1n) is 7.69. The molecule has 0 atom stereocenters. The van der Waals surface area contributed by atoms with Crippen LogP contribution in [0, 0.1) is 0 Å². The van der Waals surface area contributed by atoms with E-state index in [0.717, 1.165) is 39.0 Å². The summed E-state index contributed by atoms with van der Waals surface area (Å²) in [6, 6.07) is 5.48. The maximum absolute atomic E-state index is 12.5. The molecule has 1 aromatic rings. The number of nitrogens with two attached hydrogens (primary N) is 1. The van der Waals surface area contributed by atoms with Crippen molar-refractivity contribution in [2.75, 3.05) is 31.9 Å². The molecule has 0 aliphatic carbocycles. The number of rotatable bonds is 4. The SMILES string of the molecule is CCN(CC)C1CCN(C(=O)c2cccc(N)c2O)CC1. The fourth-order valence-electron chi connectivity index (χ4n) is 3.08. The molecular formula is C16H25N3O2. The van der Waals surface area contributed by atoms with E-state index in [1.54, 1.807) is 18.2 Å². The standard InChI is InChI=1S/C16H25N3O2/c1-3-18(4-2)12-8-10-19(11-9-12)16(21)13-6-5-7-14(17)15(13)20/h5-7,12,20H,3-4,8-11,17H2,1-2H3. The van der Waals surface area contributed by atoms with E-state index in [1.165, 1.54) is 0 Å². The summed E-state index contributed by atoms with van der Waals surface area (Å²) >= 11 is 0. The van der Waals surface area contributed by atoms with Crippen molar-refractivity contribution >= 4 is 11.6 Å². The van der Waals surface area contributed by atoms with Crippen LogP contribution in [0.25, 0.3) is 0 Å². The first-order valence-corrected chi connectivity index (χ1v) is 7.69. The van der Waals surface area contributed by atoms with E-state index in [0.29, 0.717) is 11.6 Å². The number of likely N-dealkylation sites (tertiary alicyclic amines) is 1. The fraction of sp³-hybridized carbons (Fsp3) is 0.562. The predicted octanol–water partition coefficient (Wildman–Crippen LogP) is 1.92. The van der Waals surface area contributed by atoms with Gasteiger partial charge in [-0.25, -0.2) is 0 Å². The first kappa shape index (κ1) is 15.6. The molecule has 2 rings (SSSR count). The van der Waals surface area contributed by atoms with E-state index in [9.17, 15) is 9.90 Å². The van der Waals surface area contributed by atoms with Crippen molar-refractivity contribution in [1.29, 1.82) is 0 Å². The molecule has 5 heteroatoms. The smallest absolute Gasteiger partial charge is 0.257 e. The van der Waals surface area contributed by atoms with Gasteiger partial charge in [0.1, 0.15) is 0 Å². The van der Waals surface area contributed by atoms with Crippen LogP contribution in [-0.2, 0) is 0 Å². The van der Waals surface area contributed by atoms with E-state index < -0.39 is 0 Å². The number of amides is 1. The lowest BCUT2D eigenvalue weighted by Crippen LogP contribution is -2.46. The predicted molar refractivity (Wildman–Crippen MR) is 84.4 cm³/mol. The van der Waals surface area contributed by atoms with Crippen molar-refractivity contribution < 1.29 is 9.90 Å². The normalized spacial score (nSPS) is 16.4. The molecule has 21 heavy (non-hydrogen) atoms. The lowest BCUT2D eigenvalue weighted by Gasteiger charge is -2.37. The quantitative estimate of drug-likeness (QED) is 0.657. The topological polar surface area (TPSA) is 69.8 Å². The number of benzene rings is 1. The Bertz CT molecular complexity index is 492. The van der Waals surface area contributed by atoms with Gasteiger partial charge >= 0.3 is 0 Å². The number of anilines is 1. The second kappa shape index (κ2) is 6.80. The Morgan fingerprint density at radius 1 is 1.33 bits per heavy atom. The van der Waals surface area contributed by atoms with Crippen LogP contribution in [0.15, 0.2) is 18.2 Å². The number of carbonyl (C=O) groups is 1. The third-order valence-corrected chi connectivity index (χ3v) is 4.38. The van der Waals surface area contributed by atoms with Gasteiger partial charge in [0.05, 0.1) is 11.3 Å². The van der Waals surface area contributed by atoms with E-state index in [1.807, 2.05) is 4.90 Å². The molecule has 1 aliphatic rings. The Morgan fingerprint density at radius 2 is 1.95 bits per heavy atom. The highest BCUT2D eigenvalue weighted by Crippen LogP contribution is 2.27. The number of hydrogen-bond donors (Lipinski definition) is 2. The number of nitrogens with zero attached hydrogens (tertiary/aromatic N) is 2. The first-order chi connectivity index (χ1) is 10.1. The van der Waals surface area contributed by atoms with Crippen LogP contribution in [0.3, 0.4) is 0 Å². The minimum atomic E-state index is -0.127. The maximum atomic E-state index is 12.5. The summed E-state index contributed by atoms with van der Waals surface area (Å²) in [6.45, 7) is 7.90. The van der Waals surface area contributed by atoms with Crippen molar-refractivity contribution in [3.8, 4) is 5.75 Å². The number of carbonyl (C=O) groups excluding carboxylic acids is 1. The average Bonchev–Trinajstić information content (AvgIpc) is 2.51. The molecular weight excluding hydrogens is 266 g/mol. The summed E-state index contributed by atoms with van der Waals surface area (Å²) in [6.07, 6.45) is 1.97. The summed E-state index contributed by atoms with van der Waals surface area (Å²) in [5.74, 6) is -0.230. The van der Waals surface area contributed by atoms with Crippen LogP contribution in [0.2, 0.25) is 0 Å². The second-order valence-corrected chi connectivity index (χ2v) is 5.49. The highest BCUT2D eigenvalue weighted by atomic mass is 16.3. The van der Waals surface area contributed by atoms with Crippen LogP contribution in [0.5, 0.6) is 5.75 Å². The number of aromatic hydroxyl groups is 1. The van der Waals surface area contributed by atoms with Crippen LogP contribution < -0.4 is 5.73 Å². The molecule has 0 aromatic heterocycles. The zero-order valence-corrected chi connectivity index (χ0v) is 12.9. The van der Waals surface area contributed by atoms with E-state index in [4.69, 9.17) is 5.73 Å². The van der Waals surface area contributed by atoms with Gasteiger partial charge in [-0.2, -0.15) is 0 Å². The molecule has 0 spiro atoms. The molecule has 0 radical (unpaired) electrons. The molecule has 0 saturated carbocycles. The summed E-state index contributed by atoms with van der Waals surface area (Å²) in [5.41, 5.74) is 6.21. The maximum Gasteiger partial charge on any atom is 0.257 e. The van der Waals surface area contributed by atoms with Gasteiger partial charge in [0.15, 0.2) is 5.75 Å². The van der Waals surface area contributed by atoms with Gasteiger partial charge in [0.2, 0.25) is 0 Å².